The lowest BCUT2D eigenvalue weighted by atomic mass is 10.2. The molecular weight excluding hydrogens is 142 g/mol. The van der Waals surface area contributed by atoms with Crippen LogP contribution in [0.2, 0.25) is 0 Å². The van der Waals surface area contributed by atoms with Crippen molar-refractivity contribution in [1.29, 1.82) is 5.26 Å². The number of carbonyl (C=O) groups excluding carboxylic acids is 1. The number of nitriles is 1. The first-order valence-electron chi connectivity index (χ1n) is 3.71. The van der Waals surface area contributed by atoms with Crippen molar-refractivity contribution in [3.8, 4) is 6.07 Å². The maximum atomic E-state index is 10.4. The minimum absolute atomic E-state index is 0.0548. The number of unbranched alkanes of at least 4 members (excludes halogenated alkanes) is 1. The fraction of sp³-hybridized carbons (Fsp3) is 0.750. The van der Waals surface area contributed by atoms with Gasteiger partial charge in [0.2, 0.25) is 0 Å². The maximum absolute atomic E-state index is 10.4. The van der Waals surface area contributed by atoms with E-state index in [1.54, 1.807) is 0 Å². The van der Waals surface area contributed by atoms with Crippen LogP contribution in [0, 0.1) is 11.3 Å². The van der Waals surface area contributed by atoms with E-state index < -0.39 is 0 Å². The Labute approximate surface area is 67.0 Å². The summed E-state index contributed by atoms with van der Waals surface area (Å²) < 4.78 is 4.85. The summed E-state index contributed by atoms with van der Waals surface area (Å²) in [5.74, 6) is -0.255. The molecule has 0 aromatic carbocycles. The predicted molar refractivity (Wildman–Crippen MR) is 40.7 cm³/mol. The molecule has 0 amide bonds. The van der Waals surface area contributed by atoms with Crippen LogP contribution >= 0.6 is 0 Å². The molecule has 0 spiro atoms. The SMILES string of the molecule is CC(=O)OC(C)CCCC#N. The van der Waals surface area contributed by atoms with Gasteiger partial charge in [-0.3, -0.25) is 4.79 Å². The van der Waals surface area contributed by atoms with Gasteiger partial charge in [-0.05, 0) is 19.8 Å². The zero-order valence-electron chi connectivity index (χ0n) is 6.96. The molecule has 1 atom stereocenters. The van der Waals surface area contributed by atoms with Crippen molar-refractivity contribution >= 4 is 5.97 Å². The molecule has 0 bridgehead atoms. The average Bonchev–Trinajstić information content (AvgIpc) is 1.86. The summed E-state index contributed by atoms with van der Waals surface area (Å²) in [4.78, 5) is 10.4. The topological polar surface area (TPSA) is 50.1 Å². The fourth-order valence-corrected chi connectivity index (χ4v) is 0.811. The monoisotopic (exact) mass is 155 g/mol. The van der Waals surface area contributed by atoms with Gasteiger partial charge in [0.1, 0.15) is 0 Å². The lowest BCUT2D eigenvalue weighted by Gasteiger charge is -2.09. The van der Waals surface area contributed by atoms with Crippen LogP contribution in [0.25, 0.3) is 0 Å². The van der Waals surface area contributed by atoms with E-state index in [2.05, 4.69) is 0 Å². The lowest BCUT2D eigenvalue weighted by Crippen LogP contribution is -2.11. The molecule has 1 unspecified atom stereocenters. The lowest BCUT2D eigenvalue weighted by molar-refractivity contribution is -0.145. The molecule has 3 heteroatoms. The van der Waals surface area contributed by atoms with E-state index in [1.165, 1.54) is 6.92 Å². The van der Waals surface area contributed by atoms with Crippen molar-refractivity contribution in [3.63, 3.8) is 0 Å². The van der Waals surface area contributed by atoms with E-state index in [9.17, 15) is 4.79 Å². The van der Waals surface area contributed by atoms with Crippen LogP contribution in [-0.2, 0) is 9.53 Å². The van der Waals surface area contributed by atoms with Crippen LogP contribution in [-0.4, -0.2) is 12.1 Å². The van der Waals surface area contributed by atoms with Crippen molar-refractivity contribution in [2.75, 3.05) is 0 Å². The van der Waals surface area contributed by atoms with E-state index in [-0.39, 0.29) is 12.1 Å². The van der Waals surface area contributed by atoms with E-state index in [0.29, 0.717) is 6.42 Å². The highest BCUT2D eigenvalue weighted by molar-refractivity contribution is 5.66. The van der Waals surface area contributed by atoms with Gasteiger partial charge in [-0.2, -0.15) is 5.26 Å². The molecule has 0 aromatic rings. The first kappa shape index (κ1) is 9.96. The van der Waals surface area contributed by atoms with E-state index in [4.69, 9.17) is 10.00 Å². The van der Waals surface area contributed by atoms with Crippen molar-refractivity contribution in [2.45, 2.75) is 39.2 Å². The molecule has 11 heavy (non-hydrogen) atoms. The van der Waals surface area contributed by atoms with Crippen LogP contribution in [0.3, 0.4) is 0 Å². The van der Waals surface area contributed by atoms with Gasteiger partial charge < -0.3 is 4.74 Å². The van der Waals surface area contributed by atoms with Gasteiger partial charge >= 0.3 is 5.97 Å². The van der Waals surface area contributed by atoms with Crippen molar-refractivity contribution in [1.82, 2.24) is 0 Å². The minimum Gasteiger partial charge on any atom is -0.463 e. The Morgan fingerprint density at radius 1 is 1.73 bits per heavy atom. The third-order valence-corrected chi connectivity index (χ3v) is 1.27. The quantitative estimate of drug-likeness (QED) is 0.458. The molecule has 0 aliphatic carbocycles. The van der Waals surface area contributed by atoms with Gasteiger partial charge in [0.25, 0.3) is 0 Å². The second-order valence-electron chi connectivity index (χ2n) is 2.47. The first-order chi connectivity index (χ1) is 5.16. The van der Waals surface area contributed by atoms with Gasteiger partial charge in [-0.25, -0.2) is 0 Å². The Kier molecular flexibility index (Phi) is 5.18. The van der Waals surface area contributed by atoms with Crippen molar-refractivity contribution in [3.05, 3.63) is 0 Å². The molecule has 0 saturated heterocycles. The summed E-state index contributed by atoms with van der Waals surface area (Å²) >= 11 is 0. The molecular formula is C8H13NO2. The smallest absolute Gasteiger partial charge is 0.302 e. The Morgan fingerprint density at radius 2 is 2.36 bits per heavy atom. The number of carbonyl (C=O) groups is 1. The summed E-state index contributed by atoms with van der Waals surface area (Å²) in [6.45, 7) is 3.22. The average molecular weight is 155 g/mol. The summed E-state index contributed by atoms with van der Waals surface area (Å²) in [5, 5.41) is 8.20. The number of nitrogens with zero attached hydrogens (tertiary/aromatic N) is 1. The Bertz CT molecular complexity index is 160. The fourth-order valence-electron chi connectivity index (χ4n) is 0.811. The number of rotatable bonds is 4. The van der Waals surface area contributed by atoms with Crippen LogP contribution in [0.15, 0.2) is 0 Å². The van der Waals surface area contributed by atoms with Crippen LogP contribution < -0.4 is 0 Å². The summed E-state index contributed by atoms with van der Waals surface area (Å²) in [6, 6.07) is 2.04. The highest BCUT2D eigenvalue weighted by atomic mass is 16.5. The van der Waals surface area contributed by atoms with E-state index >= 15 is 0 Å². The molecule has 0 rings (SSSR count). The van der Waals surface area contributed by atoms with Crippen molar-refractivity contribution in [2.24, 2.45) is 0 Å². The highest BCUT2D eigenvalue weighted by Crippen LogP contribution is 2.03. The second-order valence-corrected chi connectivity index (χ2v) is 2.47. The van der Waals surface area contributed by atoms with Crippen LogP contribution in [0.4, 0.5) is 0 Å². The Morgan fingerprint density at radius 3 is 2.82 bits per heavy atom. The maximum Gasteiger partial charge on any atom is 0.302 e. The van der Waals surface area contributed by atoms with Gasteiger partial charge in [0.05, 0.1) is 12.2 Å². The van der Waals surface area contributed by atoms with Crippen LogP contribution in [0.5, 0.6) is 0 Å². The molecule has 62 valence electrons. The molecule has 0 saturated carbocycles. The molecule has 0 aliphatic rings. The third-order valence-electron chi connectivity index (χ3n) is 1.27. The number of hydrogen-bond acceptors (Lipinski definition) is 3. The molecule has 3 nitrogen and oxygen atoms in total. The van der Waals surface area contributed by atoms with E-state index in [0.717, 1.165) is 12.8 Å². The number of hydrogen-bond donors (Lipinski definition) is 0. The Hall–Kier alpha value is -1.04. The predicted octanol–water partition coefficient (Wildman–Crippen LogP) is 1.63. The molecule has 0 radical (unpaired) electrons. The first-order valence-corrected chi connectivity index (χ1v) is 3.71. The molecule has 0 fully saturated rings. The van der Waals surface area contributed by atoms with Gasteiger partial charge in [0, 0.05) is 13.3 Å². The Balaban J connectivity index is 3.31. The largest absolute Gasteiger partial charge is 0.463 e. The van der Waals surface area contributed by atoms with Crippen molar-refractivity contribution < 1.29 is 9.53 Å². The molecule has 0 heterocycles. The standard InChI is InChI=1S/C8H13NO2/c1-7(11-8(2)10)5-3-4-6-9/h7H,3-5H2,1-2H3. The second kappa shape index (κ2) is 5.72. The van der Waals surface area contributed by atoms with Gasteiger partial charge in [0.15, 0.2) is 0 Å². The zero-order chi connectivity index (χ0) is 8.69. The molecule has 0 aromatic heterocycles. The highest BCUT2D eigenvalue weighted by Gasteiger charge is 2.03. The summed E-state index contributed by atoms with van der Waals surface area (Å²) in [5.41, 5.74) is 0. The summed E-state index contributed by atoms with van der Waals surface area (Å²) in [6.07, 6.45) is 2.05. The summed E-state index contributed by atoms with van der Waals surface area (Å²) in [7, 11) is 0. The zero-order valence-corrected chi connectivity index (χ0v) is 6.96. The van der Waals surface area contributed by atoms with E-state index in [1.807, 2.05) is 13.0 Å². The number of ether oxygens (including phenoxy) is 1. The van der Waals surface area contributed by atoms with Crippen LogP contribution in [0.1, 0.15) is 33.1 Å². The number of esters is 1. The molecule has 0 aliphatic heterocycles. The third kappa shape index (κ3) is 6.85. The minimum atomic E-state index is -0.255. The normalized spacial score (nSPS) is 11.7. The van der Waals surface area contributed by atoms with Gasteiger partial charge in [-0.15, -0.1) is 0 Å². The van der Waals surface area contributed by atoms with Gasteiger partial charge in [-0.1, -0.05) is 0 Å². The molecule has 0 N–H and O–H groups in total.